The predicted molar refractivity (Wildman–Crippen MR) is 79.1 cm³/mol. The van der Waals surface area contributed by atoms with Gasteiger partial charge in [-0.3, -0.25) is 0 Å². The van der Waals surface area contributed by atoms with Crippen LogP contribution >= 0.6 is 11.6 Å². The number of halogens is 1. The third-order valence-corrected chi connectivity index (χ3v) is 5.83. The van der Waals surface area contributed by atoms with Gasteiger partial charge in [-0.15, -0.1) is 0 Å². The van der Waals surface area contributed by atoms with E-state index in [-0.39, 0.29) is 21.8 Å². The van der Waals surface area contributed by atoms with Crippen molar-refractivity contribution in [2.24, 2.45) is 0 Å². The van der Waals surface area contributed by atoms with Crippen molar-refractivity contribution >= 4 is 27.4 Å². The van der Waals surface area contributed by atoms with Crippen molar-refractivity contribution in [1.29, 1.82) is 0 Å². The first kappa shape index (κ1) is 15.5. The smallest absolute Gasteiger partial charge is 0.244 e. The topological polar surface area (TPSA) is 79.5 Å². The van der Waals surface area contributed by atoms with Crippen molar-refractivity contribution in [1.82, 2.24) is 14.2 Å². The first-order chi connectivity index (χ1) is 9.36. The van der Waals surface area contributed by atoms with E-state index in [1.54, 1.807) is 0 Å². The average molecular weight is 319 g/mol. The second-order valence-corrected chi connectivity index (χ2v) is 7.29. The van der Waals surface area contributed by atoms with Gasteiger partial charge in [0.1, 0.15) is 10.7 Å². The van der Waals surface area contributed by atoms with E-state index in [9.17, 15) is 8.42 Å². The van der Waals surface area contributed by atoms with Gasteiger partial charge in [-0.05, 0) is 19.5 Å². The van der Waals surface area contributed by atoms with Gasteiger partial charge in [0.2, 0.25) is 10.0 Å². The van der Waals surface area contributed by atoms with Crippen molar-refractivity contribution in [3.8, 4) is 0 Å². The van der Waals surface area contributed by atoms with Crippen molar-refractivity contribution in [2.45, 2.75) is 24.3 Å². The lowest BCUT2D eigenvalue weighted by Gasteiger charge is -2.38. The van der Waals surface area contributed by atoms with Crippen LogP contribution in [0.5, 0.6) is 0 Å². The molecule has 2 rings (SSSR count). The zero-order valence-electron chi connectivity index (χ0n) is 11.6. The van der Waals surface area contributed by atoms with Crippen LogP contribution in [0.1, 0.15) is 13.3 Å². The Morgan fingerprint density at radius 3 is 2.80 bits per heavy atom. The number of sulfonamides is 1. The third kappa shape index (κ3) is 2.90. The number of nitrogen functional groups attached to an aromatic ring is 1. The molecule has 0 amide bonds. The molecular weight excluding hydrogens is 300 g/mol. The summed E-state index contributed by atoms with van der Waals surface area (Å²) in [6, 6.07) is 1.59. The summed E-state index contributed by atoms with van der Waals surface area (Å²) in [6.45, 7) is 3.72. The summed E-state index contributed by atoms with van der Waals surface area (Å²) < 4.78 is 26.7. The van der Waals surface area contributed by atoms with Gasteiger partial charge in [0.25, 0.3) is 0 Å². The first-order valence-corrected chi connectivity index (χ1v) is 8.29. The molecule has 0 radical (unpaired) electrons. The van der Waals surface area contributed by atoms with Crippen LogP contribution in [-0.2, 0) is 10.0 Å². The van der Waals surface area contributed by atoms with Gasteiger partial charge in [0.05, 0.1) is 5.02 Å². The van der Waals surface area contributed by atoms with Crippen LogP contribution in [0, 0.1) is 0 Å². The van der Waals surface area contributed by atoms with E-state index in [0.717, 1.165) is 6.42 Å². The number of rotatable bonds is 3. The lowest BCUT2D eigenvalue weighted by Crippen LogP contribution is -2.52. The zero-order valence-corrected chi connectivity index (χ0v) is 13.2. The number of likely N-dealkylation sites (N-methyl/N-ethyl adjacent to an activating group) is 1. The van der Waals surface area contributed by atoms with E-state index >= 15 is 0 Å². The van der Waals surface area contributed by atoms with Crippen LogP contribution in [0.25, 0.3) is 0 Å². The molecule has 6 nitrogen and oxygen atoms in total. The molecule has 8 heteroatoms. The van der Waals surface area contributed by atoms with E-state index in [4.69, 9.17) is 17.3 Å². The molecule has 1 aromatic rings. The van der Waals surface area contributed by atoms with Gasteiger partial charge < -0.3 is 10.6 Å². The van der Waals surface area contributed by atoms with E-state index in [0.29, 0.717) is 19.6 Å². The molecule has 1 saturated heterocycles. The molecule has 0 aromatic carbocycles. The minimum absolute atomic E-state index is 0.0936. The Labute approximate surface area is 124 Å². The molecule has 1 atom stereocenters. The van der Waals surface area contributed by atoms with E-state index in [2.05, 4.69) is 16.8 Å². The highest BCUT2D eigenvalue weighted by Gasteiger charge is 2.32. The first-order valence-electron chi connectivity index (χ1n) is 6.47. The maximum atomic E-state index is 12.6. The molecule has 1 fully saturated rings. The molecule has 1 unspecified atom stereocenters. The fraction of sp³-hybridized carbons (Fsp3) is 0.583. The number of piperazine rings is 1. The van der Waals surface area contributed by atoms with Crippen LogP contribution in [0.2, 0.25) is 5.02 Å². The number of nitrogens with zero attached hydrogens (tertiary/aromatic N) is 3. The maximum Gasteiger partial charge on any atom is 0.244 e. The SMILES string of the molecule is CCC1CN(S(=O)(=O)c2cnc(N)c(Cl)c2)CCN1C. The van der Waals surface area contributed by atoms with E-state index in [1.807, 2.05) is 7.05 Å². The fourth-order valence-corrected chi connectivity index (χ4v) is 3.97. The molecule has 0 spiro atoms. The van der Waals surface area contributed by atoms with Crippen molar-refractivity contribution < 1.29 is 8.42 Å². The Kier molecular flexibility index (Phi) is 4.53. The van der Waals surface area contributed by atoms with Gasteiger partial charge in [-0.2, -0.15) is 4.31 Å². The lowest BCUT2D eigenvalue weighted by atomic mass is 10.1. The summed E-state index contributed by atoms with van der Waals surface area (Å²) in [4.78, 5) is 6.10. The van der Waals surface area contributed by atoms with Gasteiger partial charge in [0.15, 0.2) is 0 Å². The Morgan fingerprint density at radius 1 is 1.50 bits per heavy atom. The van der Waals surface area contributed by atoms with Crippen LogP contribution in [-0.4, -0.2) is 55.3 Å². The van der Waals surface area contributed by atoms with Crippen molar-refractivity contribution in [3.63, 3.8) is 0 Å². The van der Waals surface area contributed by atoms with Crippen molar-refractivity contribution in [2.75, 3.05) is 32.4 Å². The highest BCUT2D eigenvalue weighted by Crippen LogP contribution is 2.24. The Morgan fingerprint density at radius 2 is 2.20 bits per heavy atom. The molecule has 1 aliphatic rings. The second-order valence-electron chi connectivity index (χ2n) is 4.94. The largest absolute Gasteiger partial charge is 0.382 e. The molecule has 0 bridgehead atoms. The summed E-state index contributed by atoms with van der Waals surface area (Å²) in [5.74, 6) is 0.135. The predicted octanol–water partition coefficient (Wildman–Crippen LogP) is 1.03. The normalized spacial score (nSPS) is 22.1. The molecule has 112 valence electrons. The second kappa shape index (κ2) is 5.85. The maximum absolute atomic E-state index is 12.6. The molecule has 1 aliphatic heterocycles. The van der Waals surface area contributed by atoms with E-state index < -0.39 is 10.0 Å². The summed E-state index contributed by atoms with van der Waals surface area (Å²) in [5.41, 5.74) is 5.51. The fourth-order valence-electron chi connectivity index (χ4n) is 2.30. The molecule has 0 aliphatic carbocycles. The summed E-state index contributed by atoms with van der Waals surface area (Å²) >= 11 is 5.86. The van der Waals surface area contributed by atoms with Crippen LogP contribution in [0.3, 0.4) is 0 Å². The number of aromatic nitrogens is 1. The molecule has 2 heterocycles. The summed E-state index contributed by atoms with van der Waals surface area (Å²) in [6.07, 6.45) is 2.17. The zero-order chi connectivity index (χ0) is 14.9. The quantitative estimate of drug-likeness (QED) is 0.900. The number of anilines is 1. The Balaban J connectivity index is 2.28. The number of hydrogen-bond donors (Lipinski definition) is 1. The highest BCUT2D eigenvalue weighted by atomic mass is 35.5. The molecule has 20 heavy (non-hydrogen) atoms. The monoisotopic (exact) mass is 318 g/mol. The van der Waals surface area contributed by atoms with Crippen LogP contribution in [0.4, 0.5) is 5.82 Å². The van der Waals surface area contributed by atoms with Gasteiger partial charge >= 0.3 is 0 Å². The van der Waals surface area contributed by atoms with E-state index in [1.165, 1.54) is 16.6 Å². The van der Waals surface area contributed by atoms with Crippen molar-refractivity contribution in [3.05, 3.63) is 17.3 Å². The van der Waals surface area contributed by atoms with Crippen LogP contribution < -0.4 is 5.73 Å². The standard InChI is InChI=1S/C12H19ClN4O2S/c1-3-9-8-17(5-4-16(9)2)20(18,19)10-6-11(13)12(14)15-7-10/h6-7,9H,3-5,8H2,1-2H3,(H2,14,15). The molecule has 1 aromatic heterocycles. The highest BCUT2D eigenvalue weighted by molar-refractivity contribution is 7.89. The van der Waals surface area contributed by atoms with Gasteiger partial charge in [-0.1, -0.05) is 18.5 Å². The number of nitrogens with two attached hydrogens (primary N) is 1. The molecule has 2 N–H and O–H groups in total. The summed E-state index contributed by atoms with van der Waals surface area (Å²) in [5, 5.41) is 0.159. The Hall–Kier alpha value is -0.890. The minimum Gasteiger partial charge on any atom is -0.382 e. The summed E-state index contributed by atoms with van der Waals surface area (Å²) in [7, 11) is -1.55. The lowest BCUT2D eigenvalue weighted by molar-refractivity contribution is 0.144. The third-order valence-electron chi connectivity index (χ3n) is 3.69. The van der Waals surface area contributed by atoms with Gasteiger partial charge in [0, 0.05) is 31.9 Å². The molecule has 0 saturated carbocycles. The minimum atomic E-state index is -3.56. The van der Waals surface area contributed by atoms with Gasteiger partial charge in [-0.25, -0.2) is 13.4 Å². The average Bonchev–Trinajstić information content (AvgIpc) is 2.42. The Bertz CT molecular complexity index is 593. The van der Waals surface area contributed by atoms with Crippen LogP contribution in [0.15, 0.2) is 17.2 Å². The number of pyridine rings is 1. The molecular formula is C12H19ClN4O2S. The number of hydrogen-bond acceptors (Lipinski definition) is 5.